The molecule has 39 heavy (non-hydrogen) atoms. The van der Waals surface area contributed by atoms with Gasteiger partial charge >= 0.3 is 0 Å². The third-order valence-corrected chi connectivity index (χ3v) is 7.55. The van der Waals surface area contributed by atoms with Gasteiger partial charge in [0.2, 0.25) is 0 Å². The number of rotatable bonds is 5. The van der Waals surface area contributed by atoms with Gasteiger partial charge in [-0.15, -0.1) is 0 Å². The van der Waals surface area contributed by atoms with Crippen LogP contribution in [0.15, 0.2) is 60.7 Å². The molecular formula is C29H23Cl4FN4O. The van der Waals surface area contributed by atoms with E-state index in [2.05, 4.69) is 10.9 Å². The average Bonchev–Trinajstić information content (AvgIpc) is 3.25. The Hall–Kier alpha value is -3.03. The number of carbonyl (C=O) groups excluding carboxylic acids is 1. The lowest BCUT2D eigenvalue weighted by Gasteiger charge is -2.17. The fourth-order valence-corrected chi connectivity index (χ4v) is 5.56. The van der Waals surface area contributed by atoms with Crippen molar-refractivity contribution in [1.82, 2.24) is 15.2 Å². The minimum absolute atomic E-state index is 0.264. The Balaban J connectivity index is 1.62. The summed E-state index contributed by atoms with van der Waals surface area (Å²) in [6.45, 7) is 0. The molecule has 1 heterocycles. The van der Waals surface area contributed by atoms with Crippen molar-refractivity contribution in [2.24, 2.45) is 0 Å². The van der Waals surface area contributed by atoms with Gasteiger partial charge < -0.3 is 0 Å². The first kappa shape index (κ1) is 27.5. The van der Waals surface area contributed by atoms with E-state index in [0.29, 0.717) is 37.9 Å². The van der Waals surface area contributed by atoms with E-state index in [1.54, 1.807) is 53.2 Å². The molecule has 10 heteroatoms. The summed E-state index contributed by atoms with van der Waals surface area (Å²) in [6, 6.07) is 16.4. The fraction of sp³-hybridized carbons (Fsp3) is 0.172. The minimum atomic E-state index is -0.428. The van der Waals surface area contributed by atoms with Gasteiger partial charge in [0.1, 0.15) is 5.82 Å². The molecule has 0 radical (unpaired) electrons. The van der Waals surface area contributed by atoms with Crippen LogP contribution in [0.4, 0.5) is 10.1 Å². The quantitative estimate of drug-likeness (QED) is 0.224. The van der Waals surface area contributed by atoms with Crippen LogP contribution in [0.25, 0.3) is 17.3 Å². The zero-order valence-corrected chi connectivity index (χ0v) is 23.6. The summed E-state index contributed by atoms with van der Waals surface area (Å²) in [5.41, 5.74) is 10.3. The molecule has 0 saturated heterocycles. The van der Waals surface area contributed by atoms with Crippen molar-refractivity contribution in [3.05, 3.63) is 109 Å². The number of amides is 1. The molecule has 3 aromatic carbocycles. The van der Waals surface area contributed by atoms with Gasteiger partial charge in [-0.3, -0.25) is 15.6 Å². The third-order valence-electron chi connectivity index (χ3n) is 6.47. The van der Waals surface area contributed by atoms with Crippen LogP contribution in [0.3, 0.4) is 0 Å². The highest BCUT2D eigenvalue weighted by molar-refractivity contribution is 6.36. The molecule has 0 atom stereocenters. The van der Waals surface area contributed by atoms with Crippen LogP contribution in [-0.2, 0) is 6.42 Å². The molecule has 1 aliphatic carbocycles. The molecule has 5 rings (SSSR count). The molecule has 0 spiro atoms. The van der Waals surface area contributed by atoms with Crippen LogP contribution >= 0.6 is 46.4 Å². The van der Waals surface area contributed by atoms with Gasteiger partial charge in [-0.2, -0.15) is 5.10 Å². The van der Waals surface area contributed by atoms with E-state index in [1.165, 1.54) is 12.1 Å². The van der Waals surface area contributed by atoms with Gasteiger partial charge in [-0.25, -0.2) is 9.07 Å². The number of hydrazine groups is 1. The van der Waals surface area contributed by atoms with Crippen molar-refractivity contribution in [3.63, 3.8) is 0 Å². The van der Waals surface area contributed by atoms with Gasteiger partial charge in [0.15, 0.2) is 5.69 Å². The number of hydrogen-bond donors (Lipinski definition) is 2. The van der Waals surface area contributed by atoms with Crippen molar-refractivity contribution < 1.29 is 9.18 Å². The number of nitrogens with zero attached hydrogens (tertiary/aromatic N) is 2. The van der Waals surface area contributed by atoms with E-state index in [1.807, 2.05) is 6.08 Å². The minimum Gasteiger partial charge on any atom is -0.297 e. The second kappa shape index (κ2) is 12.0. The summed E-state index contributed by atoms with van der Waals surface area (Å²) in [5.74, 6) is -0.733. The van der Waals surface area contributed by atoms with Crippen molar-refractivity contribution >= 4 is 69.6 Å². The molecule has 0 bridgehead atoms. The Morgan fingerprint density at radius 2 is 1.56 bits per heavy atom. The van der Waals surface area contributed by atoms with E-state index >= 15 is 0 Å². The van der Waals surface area contributed by atoms with Crippen molar-refractivity contribution in [2.45, 2.75) is 32.1 Å². The van der Waals surface area contributed by atoms with E-state index < -0.39 is 5.91 Å². The molecule has 1 aromatic heterocycles. The van der Waals surface area contributed by atoms with Crippen LogP contribution in [-0.4, -0.2) is 15.7 Å². The summed E-state index contributed by atoms with van der Waals surface area (Å²) in [7, 11) is 0. The van der Waals surface area contributed by atoms with Crippen LogP contribution < -0.4 is 10.9 Å². The Morgan fingerprint density at radius 3 is 2.28 bits per heavy atom. The zero-order valence-electron chi connectivity index (χ0n) is 20.6. The summed E-state index contributed by atoms with van der Waals surface area (Å²) in [6.07, 6.45) is 6.26. The maximum atomic E-state index is 13.6. The fourth-order valence-electron chi connectivity index (χ4n) is 4.61. The summed E-state index contributed by atoms with van der Waals surface area (Å²) in [5, 5.41) is 6.50. The number of nitrogens with one attached hydrogen (secondary N) is 2. The van der Waals surface area contributed by atoms with Crippen molar-refractivity contribution in [1.29, 1.82) is 0 Å². The highest BCUT2D eigenvalue weighted by Crippen LogP contribution is 2.36. The highest BCUT2D eigenvalue weighted by Gasteiger charge is 2.27. The number of allylic oxidation sites excluding steroid dienone is 1. The van der Waals surface area contributed by atoms with E-state index in [9.17, 15) is 9.18 Å². The number of hydrogen-bond acceptors (Lipinski definition) is 3. The van der Waals surface area contributed by atoms with E-state index in [-0.39, 0.29) is 11.5 Å². The maximum Gasteiger partial charge on any atom is 0.290 e. The zero-order chi connectivity index (χ0) is 27.5. The van der Waals surface area contributed by atoms with Gasteiger partial charge in [0, 0.05) is 15.6 Å². The Morgan fingerprint density at radius 1 is 0.872 bits per heavy atom. The van der Waals surface area contributed by atoms with Crippen molar-refractivity contribution in [2.75, 3.05) is 5.43 Å². The topological polar surface area (TPSA) is 59.0 Å². The lowest BCUT2D eigenvalue weighted by Crippen LogP contribution is -2.30. The van der Waals surface area contributed by atoms with Gasteiger partial charge in [-0.1, -0.05) is 65.0 Å². The predicted octanol–water partition coefficient (Wildman–Crippen LogP) is 9.04. The number of aromatic nitrogens is 2. The number of fused-ring (bicyclic) bond motifs is 1. The lowest BCUT2D eigenvalue weighted by molar-refractivity contribution is 0.0956. The van der Waals surface area contributed by atoms with Gasteiger partial charge in [-0.05, 0) is 91.4 Å². The molecule has 2 N–H and O–H groups in total. The molecular weight excluding hydrogens is 581 g/mol. The molecule has 0 fully saturated rings. The van der Waals surface area contributed by atoms with Crippen LogP contribution in [0, 0.1) is 5.82 Å². The first-order chi connectivity index (χ1) is 18.8. The summed E-state index contributed by atoms with van der Waals surface area (Å²) in [4.78, 5) is 13.5. The number of benzene rings is 3. The Labute approximate surface area is 245 Å². The molecule has 200 valence electrons. The molecule has 4 aromatic rings. The molecule has 1 amide bonds. The summed E-state index contributed by atoms with van der Waals surface area (Å²) < 4.78 is 15.3. The third kappa shape index (κ3) is 6.25. The number of halogens is 5. The first-order valence-electron chi connectivity index (χ1n) is 12.4. The predicted molar refractivity (Wildman–Crippen MR) is 158 cm³/mol. The van der Waals surface area contributed by atoms with E-state index in [4.69, 9.17) is 51.5 Å². The van der Waals surface area contributed by atoms with E-state index in [0.717, 1.165) is 48.1 Å². The Kier molecular flexibility index (Phi) is 8.48. The average molecular weight is 604 g/mol. The van der Waals surface area contributed by atoms with Gasteiger partial charge in [0.25, 0.3) is 5.91 Å². The molecule has 0 unspecified atom stereocenters. The second-order valence-corrected chi connectivity index (χ2v) is 10.9. The molecule has 1 aliphatic rings. The van der Waals surface area contributed by atoms with Gasteiger partial charge in [0.05, 0.1) is 27.1 Å². The van der Waals surface area contributed by atoms with Crippen LogP contribution in [0.1, 0.15) is 53.0 Å². The standard InChI is InChI=1S/C29H23Cl4FN4O/c30-19-8-12-25(23(32)15-19)35-36-29(39)27-22-5-3-1-2-4-18(14-17-6-10-21(34)11-7-17)28(22)38(37-27)26-13-9-20(31)16-24(26)33/h6-16,35H,1-5H2,(H,36,39)/b18-14+. The normalized spacial score (nSPS) is 14.4. The SMILES string of the molecule is O=C(NNc1ccc(Cl)cc1Cl)c1nn(-c2ccc(Cl)cc2Cl)c2c1CCCCC/C2=C\c1ccc(F)cc1. The second-order valence-electron chi connectivity index (χ2n) is 9.17. The van der Waals surface area contributed by atoms with Crippen LogP contribution in [0.5, 0.6) is 0 Å². The first-order valence-corrected chi connectivity index (χ1v) is 13.9. The smallest absolute Gasteiger partial charge is 0.290 e. The highest BCUT2D eigenvalue weighted by atomic mass is 35.5. The summed E-state index contributed by atoms with van der Waals surface area (Å²) >= 11 is 25.0. The Bertz CT molecular complexity index is 1570. The molecule has 0 saturated carbocycles. The monoisotopic (exact) mass is 602 g/mol. The number of anilines is 1. The van der Waals surface area contributed by atoms with Crippen LogP contribution in [0.2, 0.25) is 20.1 Å². The number of carbonyl (C=O) groups is 1. The lowest BCUT2D eigenvalue weighted by atomic mass is 9.91. The largest absolute Gasteiger partial charge is 0.297 e. The molecule has 5 nitrogen and oxygen atoms in total. The van der Waals surface area contributed by atoms with Crippen molar-refractivity contribution in [3.8, 4) is 5.69 Å². The molecule has 0 aliphatic heterocycles. The maximum absolute atomic E-state index is 13.6.